The molecule has 8 heteroatoms. The molecule has 2 heterocycles. The van der Waals surface area contributed by atoms with E-state index in [-0.39, 0.29) is 36.2 Å². The van der Waals surface area contributed by atoms with Crippen LogP contribution in [0.1, 0.15) is 67.3 Å². The zero-order valence-electron chi connectivity index (χ0n) is 18.2. The number of imide groups is 1. The lowest BCUT2D eigenvalue weighted by Gasteiger charge is -2.32. The second kappa shape index (κ2) is 9.81. The molecule has 3 atom stereocenters. The highest BCUT2D eigenvalue weighted by Gasteiger charge is 2.39. The predicted molar refractivity (Wildman–Crippen MR) is 117 cm³/mol. The molecule has 4 rings (SSSR count). The number of hydrogen-bond donors (Lipinski definition) is 2. The number of carbonyl (C=O) groups excluding carboxylic acids is 3. The third-order valence-electron chi connectivity index (χ3n) is 6.52. The molecule has 0 radical (unpaired) electrons. The Morgan fingerprint density at radius 2 is 2.03 bits per heavy atom. The Bertz CT molecular complexity index is 919. The molecule has 32 heavy (non-hydrogen) atoms. The second-order valence-corrected chi connectivity index (χ2v) is 8.84. The van der Waals surface area contributed by atoms with Crippen molar-refractivity contribution in [2.45, 2.75) is 76.1 Å². The van der Waals surface area contributed by atoms with Gasteiger partial charge in [-0.05, 0) is 68.8 Å². The van der Waals surface area contributed by atoms with E-state index in [4.69, 9.17) is 4.74 Å². The van der Waals surface area contributed by atoms with Crippen LogP contribution in [0.15, 0.2) is 30.6 Å². The number of fused-ring (bicyclic) bond motifs is 1. The Morgan fingerprint density at radius 3 is 2.81 bits per heavy atom. The normalized spacial score (nSPS) is 25.5. The average Bonchev–Trinajstić information content (AvgIpc) is 3.08. The molecule has 1 saturated carbocycles. The number of halogens is 1. The number of nitrogens with one attached hydrogen (secondary N) is 2. The van der Waals surface area contributed by atoms with Crippen LogP contribution in [0.3, 0.4) is 0 Å². The summed E-state index contributed by atoms with van der Waals surface area (Å²) in [5, 5.41) is 5.82. The highest BCUT2D eigenvalue weighted by Crippen LogP contribution is 2.32. The van der Waals surface area contributed by atoms with Crippen LogP contribution in [0, 0.1) is 0 Å². The van der Waals surface area contributed by atoms with Gasteiger partial charge in [0.15, 0.2) is 0 Å². The van der Waals surface area contributed by atoms with Crippen LogP contribution in [0.25, 0.3) is 0 Å². The molecule has 2 N–H and O–H groups in total. The number of hydrogen-bond acceptors (Lipinski definition) is 5. The van der Waals surface area contributed by atoms with E-state index in [0.717, 1.165) is 31.2 Å². The number of ether oxygens (including phenoxy) is 1. The Hall–Kier alpha value is -2.74. The number of nitrogens with zero attached hydrogens (tertiary/aromatic N) is 1. The lowest BCUT2D eigenvalue weighted by atomic mass is 9.92. The van der Waals surface area contributed by atoms with Crippen molar-refractivity contribution in [2.24, 2.45) is 0 Å². The number of amides is 3. The van der Waals surface area contributed by atoms with Crippen LogP contribution in [-0.2, 0) is 16.1 Å². The zero-order valence-corrected chi connectivity index (χ0v) is 18.2. The topological polar surface area (TPSA) is 87.7 Å². The van der Waals surface area contributed by atoms with E-state index in [1.165, 1.54) is 0 Å². The summed E-state index contributed by atoms with van der Waals surface area (Å²) in [6.07, 6.45) is 5.84. The number of rotatable bonds is 8. The first-order valence-electron chi connectivity index (χ1n) is 11.4. The SMILES string of the molecule is C=C(F)CCCNC1CCCCC1Oc1ccc2c(c1)CN(C1CCC(=O)NC1=O)C2=O. The van der Waals surface area contributed by atoms with E-state index in [9.17, 15) is 18.8 Å². The monoisotopic (exact) mass is 443 g/mol. The van der Waals surface area contributed by atoms with Gasteiger partial charge in [-0.15, -0.1) is 0 Å². The van der Waals surface area contributed by atoms with Crippen LogP contribution in [-0.4, -0.2) is 47.4 Å². The fourth-order valence-corrected chi connectivity index (χ4v) is 4.84. The molecule has 3 aliphatic rings. The minimum absolute atomic E-state index is 0.0127. The molecule has 0 aromatic heterocycles. The van der Waals surface area contributed by atoms with Gasteiger partial charge in [0.2, 0.25) is 11.8 Å². The van der Waals surface area contributed by atoms with E-state index >= 15 is 0 Å². The standard InChI is InChI=1S/C24H30FN3O4/c1-15(25)5-4-12-26-19-6-2-3-7-21(19)32-17-8-9-18-16(13-17)14-28(24(18)31)20-10-11-22(29)27-23(20)30/h8-9,13,19-21,26H,1-7,10-12,14H2,(H,27,29,30). The van der Waals surface area contributed by atoms with Gasteiger partial charge in [0.05, 0.1) is 5.83 Å². The first kappa shape index (κ1) is 22.5. The van der Waals surface area contributed by atoms with Gasteiger partial charge in [-0.25, -0.2) is 4.39 Å². The third-order valence-corrected chi connectivity index (χ3v) is 6.52. The maximum atomic E-state index is 12.8. The molecule has 0 bridgehead atoms. The molecular formula is C24H30FN3O4. The molecule has 3 unspecified atom stereocenters. The Labute approximate surface area is 187 Å². The minimum Gasteiger partial charge on any atom is -0.489 e. The van der Waals surface area contributed by atoms with E-state index in [1.807, 2.05) is 12.1 Å². The molecule has 2 aliphatic heterocycles. The number of carbonyl (C=O) groups is 3. The van der Waals surface area contributed by atoms with Crippen molar-refractivity contribution in [3.63, 3.8) is 0 Å². The van der Waals surface area contributed by atoms with Crippen LogP contribution >= 0.6 is 0 Å². The van der Waals surface area contributed by atoms with E-state index < -0.39 is 11.9 Å². The van der Waals surface area contributed by atoms with Crippen molar-refractivity contribution in [2.75, 3.05) is 6.54 Å². The van der Waals surface area contributed by atoms with Gasteiger partial charge in [0.25, 0.3) is 5.91 Å². The first-order chi connectivity index (χ1) is 15.4. The summed E-state index contributed by atoms with van der Waals surface area (Å²) in [5.41, 5.74) is 1.41. The zero-order chi connectivity index (χ0) is 22.7. The van der Waals surface area contributed by atoms with Crippen LogP contribution in [0.5, 0.6) is 5.75 Å². The van der Waals surface area contributed by atoms with Gasteiger partial charge in [-0.3, -0.25) is 19.7 Å². The highest BCUT2D eigenvalue weighted by atomic mass is 19.1. The minimum atomic E-state index is -0.621. The maximum Gasteiger partial charge on any atom is 0.255 e. The molecule has 172 valence electrons. The molecule has 1 aromatic rings. The molecular weight excluding hydrogens is 413 g/mol. The van der Waals surface area contributed by atoms with Crippen LogP contribution < -0.4 is 15.4 Å². The summed E-state index contributed by atoms with van der Waals surface area (Å²) in [6.45, 7) is 4.35. The van der Waals surface area contributed by atoms with Gasteiger partial charge in [-0.2, -0.15) is 0 Å². The fraction of sp³-hybridized carbons (Fsp3) is 0.542. The molecule has 1 saturated heterocycles. The summed E-state index contributed by atoms with van der Waals surface area (Å²) in [5.74, 6) is -0.477. The third kappa shape index (κ3) is 5.01. The van der Waals surface area contributed by atoms with Crippen LogP contribution in [0.4, 0.5) is 4.39 Å². The largest absolute Gasteiger partial charge is 0.489 e. The fourth-order valence-electron chi connectivity index (χ4n) is 4.84. The van der Waals surface area contributed by atoms with E-state index in [1.54, 1.807) is 11.0 Å². The summed E-state index contributed by atoms with van der Waals surface area (Å²) < 4.78 is 19.2. The maximum absolute atomic E-state index is 12.8. The van der Waals surface area contributed by atoms with Gasteiger partial charge in [-0.1, -0.05) is 13.0 Å². The summed E-state index contributed by atoms with van der Waals surface area (Å²) in [4.78, 5) is 38.0. The van der Waals surface area contributed by atoms with Crippen LogP contribution in [0.2, 0.25) is 0 Å². The van der Waals surface area contributed by atoms with E-state index in [2.05, 4.69) is 17.2 Å². The van der Waals surface area contributed by atoms with Gasteiger partial charge in [0.1, 0.15) is 17.9 Å². The predicted octanol–water partition coefficient (Wildman–Crippen LogP) is 2.99. The number of allylic oxidation sites excluding steroid dienone is 1. The van der Waals surface area contributed by atoms with Crippen molar-refractivity contribution in [3.05, 3.63) is 41.7 Å². The highest BCUT2D eigenvalue weighted by molar-refractivity contribution is 6.05. The average molecular weight is 444 g/mol. The lowest BCUT2D eigenvalue weighted by molar-refractivity contribution is -0.136. The molecule has 2 fully saturated rings. The Kier molecular flexibility index (Phi) is 6.89. The molecule has 0 spiro atoms. The Balaban J connectivity index is 1.39. The van der Waals surface area contributed by atoms with Crippen molar-refractivity contribution in [1.29, 1.82) is 0 Å². The number of piperidine rings is 1. The summed E-state index contributed by atoms with van der Waals surface area (Å²) >= 11 is 0. The smallest absolute Gasteiger partial charge is 0.255 e. The van der Waals surface area contributed by atoms with Crippen molar-refractivity contribution in [1.82, 2.24) is 15.5 Å². The van der Waals surface area contributed by atoms with Crippen molar-refractivity contribution >= 4 is 17.7 Å². The molecule has 3 amide bonds. The first-order valence-corrected chi connectivity index (χ1v) is 11.4. The number of benzene rings is 1. The van der Waals surface area contributed by atoms with Crippen molar-refractivity contribution in [3.8, 4) is 5.75 Å². The van der Waals surface area contributed by atoms with E-state index in [0.29, 0.717) is 43.7 Å². The van der Waals surface area contributed by atoms with Gasteiger partial charge < -0.3 is 15.0 Å². The summed E-state index contributed by atoms with van der Waals surface area (Å²) in [7, 11) is 0. The Morgan fingerprint density at radius 1 is 1.22 bits per heavy atom. The molecule has 7 nitrogen and oxygen atoms in total. The van der Waals surface area contributed by atoms with Gasteiger partial charge >= 0.3 is 0 Å². The quantitative estimate of drug-likeness (QED) is 0.476. The lowest BCUT2D eigenvalue weighted by Crippen LogP contribution is -2.52. The molecule has 1 aromatic carbocycles. The summed E-state index contributed by atoms with van der Waals surface area (Å²) in [6, 6.07) is 5.04. The van der Waals surface area contributed by atoms with Gasteiger partial charge in [0, 0.05) is 24.6 Å². The second-order valence-electron chi connectivity index (χ2n) is 8.84. The van der Waals surface area contributed by atoms with Crippen molar-refractivity contribution < 1.29 is 23.5 Å². The molecule has 1 aliphatic carbocycles.